The summed E-state index contributed by atoms with van der Waals surface area (Å²) in [6.45, 7) is 0.882. The van der Waals surface area contributed by atoms with E-state index in [2.05, 4.69) is 4.72 Å². The number of phenols is 2. The standard InChI is InChI=1S/C20H25N3O5S.ClH/c1-22(2)13-12-21-29(27,28)17-8-6-16(7-9-17)23(3)20(26)11-5-15-4-10-18(24)19(25)14-15;/h4-11,14,21,24-25H,12-13H2,1-3H3;1H. The molecular weight excluding hydrogens is 430 g/mol. The summed E-state index contributed by atoms with van der Waals surface area (Å²) in [5.74, 6) is -0.849. The Balaban J connectivity index is 0.00000450. The summed E-state index contributed by atoms with van der Waals surface area (Å²) in [6.07, 6.45) is 2.82. The lowest BCUT2D eigenvalue weighted by atomic mass is 10.2. The summed E-state index contributed by atoms with van der Waals surface area (Å²) < 4.78 is 27.1. The maximum atomic E-state index is 12.3. The Hall–Kier alpha value is -2.59. The van der Waals surface area contributed by atoms with Gasteiger partial charge in [0.15, 0.2) is 11.5 Å². The third-order valence-corrected chi connectivity index (χ3v) is 5.61. The van der Waals surface area contributed by atoms with Crippen LogP contribution in [0.3, 0.4) is 0 Å². The molecule has 0 aromatic heterocycles. The van der Waals surface area contributed by atoms with Gasteiger partial charge in [-0.1, -0.05) is 6.07 Å². The zero-order chi connectivity index (χ0) is 21.6. The number of anilines is 1. The molecule has 1 amide bonds. The monoisotopic (exact) mass is 455 g/mol. The minimum Gasteiger partial charge on any atom is -0.504 e. The van der Waals surface area contributed by atoms with Crippen molar-refractivity contribution in [3.8, 4) is 11.5 Å². The van der Waals surface area contributed by atoms with E-state index >= 15 is 0 Å². The fraction of sp³-hybridized carbons (Fsp3) is 0.250. The van der Waals surface area contributed by atoms with Gasteiger partial charge >= 0.3 is 0 Å². The quantitative estimate of drug-likeness (QED) is 0.415. The molecule has 0 spiro atoms. The molecule has 0 unspecified atom stereocenters. The number of aromatic hydroxyl groups is 2. The lowest BCUT2D eigenvalue weighted by Crippen LogP contribution is -2.31. The van der Waals surface area contributed by atoms with Gasteiger partial charge in [0.1, 0.15) is 0 Å². The minimum absolute atomic E-state index is 0. The number of hydrogen-bond donors (Lipinski definition) is 3. The van der Waals surface area contributed by atoms with E-state index < -0.39 is 10.0 Å². The van der Waals surface area contributed by atoms with Crippen LogP contribution in [0.4, 0.5) is 5.69 Å². The Bertz CT molecular complexity index is 992. The number of amides is 1. The summed E-state index contributed by atoms with van der Waals surface area (Å²) in [7, 11) is 1.67. The van der Waals surface area contributed by atoms with Crippen molar-refractivity contribution in [3.63, 3.8) is 0 Å². The molecule has 0 heterocycles. The first kappa shape index (κ1) is 25.4. The van der Waals surface area contributed by atoms with E-state index in [1.54, 1.807) is 25.2 Å². The molecule has 2 rings (SSSR count). The largest absolute Gasteiger partial charge is 0.504 e. The van der Waals surface area contributed by atoms with E-state index in [1.807, 2.05) is 19.0 Å². The zero-order valence-electron chi connectivity index (χ0n) is 16.9. The Morgan fingerprint density at radius 1 is 1.03 bits per heavy atom. The van der Waals surface area contributed by atoms with Crippen molar-refractivity contribution in [1.29, 1.82) is 0 Å². The van der Waals surface area contributed by atoms with Gasteiger partial charge in [-0.05, 0) is 62.1 Å². The van der Waals surface area contributed by atoms with Crippen LogP contribution in [-0.4, -0.2) is 63.7 Å². The van der Waals surface area contributed by atoms with Crippen molar-refractivity contribution in [2.24, 2.45) is 0 Å². The first-order valence-electron chi connectivity index (χ1n) is 8.82. The number of halogens is 1. The number of sulfonamides is 1. The van der Waals surface area contributed by atoms with E-state index in [4.69, 9.17) is 0 Å². The number of carbonyl (C=O) groups excluding carboxylic acids is 1. The van der Waals surface area contributed by atoms with E-state index in [-0.39, 0.29) is 34.7 Å². The molecule has 0 bridgehead atoms. The molecule has 0 radical (unpaired) electrons. The molecule has 0 aliphatic heterocycles. The molecule has 2 aromatic carbocycles. The van der Waals surface area contributed by atoms with E-state index in [0.717, 1.165) is 0 Å². The number of hydrogen-bond acceptors (Lipinski definition) is 6. The van der Waals surface area contributed by atoms with E-state index in [1.165, 1.54) is 41.3 Å². The van der Waals surface area contributed by atoms with Gasteiger partial charge in [0, 0.05) is 31.9 Å². The van der Waals surface area contributed by atoms with Gasteiger partial charge < -0.3 is 20.0 Å². The van der Waals surface area contributed by atoms with Crippen molar-refractivity contribution < 1.29 is 23.4 Å². The fourth-order valence-corrected chi connectivity index (χ4v) is 3.41. The van der Waals surface area contributed by atoms with Gasteiger partial charge in [-0.25, -0.2) is 13.1 Å². The lowest BCUT2D eigenvalue weighted by molar-refractivity contribution is -0.113. The normalized spacial score (nSPS) is 11.5. The van der Waals surface area contributed by atoms with Crippen LogP contribution in [0, 0.1) is 0 Å². The van der Waals surface area contributed by atoms with Crippen LogP contribution in [-0.2, 0) is 14.8 Å². The van der Waals surface area contributed by atoms with Crippen LogP contribution >= 0.6 is 12.4 Å². The van der Waals surface area contributed by atoms with Gasteiger partial charge in [-0.15, -0.1) is 12.4 Å². The Kier molecular flexibility index (Phi) is 9.31. The van der Waals surface area contributed by atoms with Gasteiger partial charge in [0.05, 0.1) is 4.90 Å². The maximum Gasteiger partial charge on any atom is 0.250 e. The van der Waals surface area contributed by atoms with E-state index in [9.17, 15) is 23.4 Å². The predicted molar refractivity (Wildman–Crippen MR) is 120 cm³/mol. The predicted octanol–water partition coefficient (Wildman–Crippen LogP) is 2.04. The maximum absolute atomic E-state index is 12.3. The molecule has 164 valence electrons. The van der Waals surface area contributed by atoms with Crippen molar-refractivity contribution in [3.05, 3.63) is 54.1 Å². The number of nitrogens with zero attached hydrogens (tertiary/aromatic N) is 2. The highest BCUT2D eigenvalue weighted by molar-refractivity contribution is 7.89. The van der Waals surface area contributed by atoms with Crippen LogP contribution in [0.25, 0.3) is 6.08 Å². The van der Waals surface area contributed by atoms with Crippen molar-refractivity contribution in [2.45, 2.75) is 4.90 Å². The Labute approximate surface area is 182 Å². The molecule has 0 aliphatic rings. The number of nitrogens with one attached hydrogen (secondary N) is 1. The summed E-state index contributed by atoms with van der Waals surface area (Å²) in [6, 6.07) is 10.2. The SMILES string of the molecule is CN(C)CCNS(=O)(=O)c1ccc(N(C)C(=O)C=Cc2ccc(O)c(O)c2)cc1.Cl. The number of likely N-dealkylation sites (N-methyl/N-ethyl adjacent to an activating group) is 2. The second-order valence-electron chi connectivity index (χ2n) is 6.67. The van der Waals surface area contributed by atoms with Crippen molar-refractivity contribution in [2.75, 3.05) is 39.1 Å². The first-order chi connectivity index (χ1) is 13.6. The van der Waals surface area contributed by atoms with Crippen LogP contribution in [0.1, 0.15) is 5.56 Å². The molecule has 0 fully saturated rings. The Morgan fingerprint density at radius 3 is 2.23 bits per heavy atom. The highest BCUT2D eigenvalue weighted by Gasteiger charge is 2.15. The van der Waals surface area contributed by atoms with Crippen LogP contribution in [0.2, 0.25) is 0 Å². The second kappa shape index (κ2) is 11.0. The third kappa shape index (κ3) is 7.03. The molecule has 0 aliphatic carbocycles. The summed E-state index contributed by atoms with van der Waals surface area (Å²) in [5, 5.41) is 18.8. The highest BCUT2D eigenvalue weighted by Crippen LogP contribution is 2.25. The van der Waals surface area contributed by atoms with Gasteiger partial charge in [0.25, 0.3) is 5.91 Å². The Morgan fingerprint density at radius 2 is 1.67 bits per heavy atom. The fourth-order valence-electron chi connectivity index (χ4n) is 2.39. The van der Waals surface area contributed by atoms with Crippen molar-refractivity contribution >= 4 is 40.1 Å². The highest BCUT2D eigenvalue weighted by atomic mass is 35.5. The first-order valence-corrected chi connectivity index (χ1v) is 10.3. The number of benzene rings is 2. The summed E-state index contributed by atoms with van der Waals surface area (Å²) >= 11 is 0. The van der Waals surface area contributed by atoms with Gasteiger partial charge in [-0.3, -0.25) is 4.79 Å². The van der Waals surface area contributed by atoms with Gasteiger partial charge in [-0.2, -0.15) is 0 Å². The molecule has 0 saturated heterocycles. The van der Waals surface area contributed by atoms with Crippen LogP contribution in [0.15, 0.2) is 53.4 Å². The molecule has 30 heavy (non-hydrogen) atoms. The minimum atomic E-state index is -3.61. The molecule has 0 saturated carbocycles. The third-order valence-electron chi connectivity index (χ3n) is 4.13. The second-order valence-corrected chi connectivity index (χ2v) is 8.44. The number of phenolic OH excluding ortho intramolecular Hbond substituents is 2. The smallest absolute Gasteiger partial charge is 0.250 e. The average molecular weight is 456 g/mol. The molecule has 0 atom stereocenters. The molecule has 3 N–H and O–H groups in total. The number of rotatable bonds is 8. The van der Waals surface area contributed by atoms with Crippen LogP contribution < -0.4 is 9.62 Å². The average Bonchev–Trinajstić information content (AvgIpc) is 2.67. The zero-order valence-corrected chi connectivity index (χ0v) is 18.6. The summed E-state index contributed by atoms with van der Waals surface area (Å²) in [5.41, 5.74) is 1.08. The topological polar surface area (TPSA) is 110 Å². The van der Waals surface area contributed by atoms with Crippen molar-refractivity contribution in [1.82, 2.24) is 9.62 Å². The molecule has 10 heteroatoms. The van der Waals surface area contributed by atoms with Crippen LogP contribution in [0.5, 0.6) is 11.5 Å². The molecule has 2 aromatic rings. The van der Waals surface area contributed by atoms with Gasteiger partial charge in [0.2, 0.25) is 10.0 Å². The summed E-state index contributed by atoms with van der Waals surface area (Å²) in [4.78, 5) is 15.7. The number of carbonyl (C=O) groups is 1. The van der Waals surface area contributed by atoms with E-state index in [0.29, 0.717) is 24.3 Å². The molecular formula is C20H26ClN3O5S. The lowest BCUT2D eigenvalue weighted by Gasteiger charge is -2.16. The molecule has 8 nitrogen and oxygen atoms in total.